The van der Waals surface area contributed by atoms with E-state index < -0.39 is 0 Å². The lowest BCUT2D eigenvalue weighted by molar-refractivity contribution is 0.332. The predicted molar refractivity (Wildman–Crippen MR) is 244 cm³/mol. The van der Waals surface area contributed by atoms with Crippen molar-refractivity contribution in [2.45, 2.75) is 66.8 Å². The van der Waals surface area contributed by atoms with Crippen molar-refractivity contribution in [1.29, 1.82) is 0 Å². The normalized spacial score (nSPS) is 14.3. The summed E-state index contributed by atoms with van der Waals surface area (Å²) in [4.78, 5) is 5.02. The van der Waals surface area contributed by atoms with Crippen LogP contribution in [0.1, 0.15) is 66.5 Å². The van der Waals surface area contributed by atoms with E-state index in [2.05, 4.69) is 216 Å². The quantitative estimate of drug-likeness (QED) is 0.128. The van der Waals surface area contributed by atoms with Gasteiger partial charge in [0.05, 0.1) is 11.7 Å². The molecule has 1 unspecified atom stereocenters. The predicted octanol–water partition coefficient (Wildman–Crippen LogP) is 15.7. The van der Waals surface area contributed by atoms with Crippen molar-refractivity contribution in [3.8, 4) is 22.3 Å². The average Bonchev–Trinajstić information content (AvgIpc) is 3.72. The summed E-state index contributed by atoms with van der Waals surface area (Å²) in [5.74, 6) is 0.820. The van der Waals surface area contributed by atoms with E-state index in [4.69, 9.17) is 6.58 Å². The molecule has 0 saturated carbocycles. The van der Waals surface area contributed by atoms with Gasteiger partial charge in [0.25, 0.3) is 0 Å². The highest BCUT2D eigenvalue weighted by Crippen LogP contribution is 2.53. The fourth-order valence-corrected chi connectivity index (χ4v) is 9.50. The number of anilines is 5. The minimum Gasteiger partial charge on any atom is -0.334 e. The number of nitrogens with zero attached hydrogens (tertiary/aromatic N) is 2. The highest BCUT2D eigenvalue weighted by molar-refractivity contribution is 7.17. The molecule has 56 heavy (non-hydrogen) atoms. The van der Waals surface area contributed by atoms with Gasteiger partial charge in [-0.15, -0.1) is 11.3 Å². The van der Waals surface area contributed by atoms with Crippen LogP contribution in [-0.4, -0.2) is 6.04 Å². The number of para-hydroxylation sites is 1. The van der Waals surface area contributed by atoms with Crippen LogP contribution in [0, 0.1) is 17.3 Å². The lowest BCUT2D eigenvalue weighted by Crippen LogP contribution is -2.43. The van der Waals surface area contributed by atoms with E-state index in [0.717, 1.165) is 5.69 Å². The zero-order chi connectivity index (χ0) is 39.4. The third-order valence-corrected chi connectivity index (χ3v) is 13.2. The van der Waals surface area contributed by atoms with Crippen molar-refractivity contribution in [2.24, 2.45) is 17.3 Å². The van der Waals surface area contributed by atoms with Crippen molar-refractivity contribution >= 4 is 49.9 Å². The maximum atomic E-state index is 4.85. The second-order valence-electron chi connectivity index (χ2n) is 17.5. The molecule has 8 rings (SSSR count). The van der Waals surface area contributed by atoms with Crippen LogP contribution in [0.25, 0.3) is 32.3 Å². The van der Waals surface area contributed by atoms with Gasteiger partial charge in [-0.1, -0.05) is 153 Å². The Bertz CT molecular complexity index is 2500. The Morgan fingerprint density at radius 1 is 0.607 bits per heavy atom. The summed E-state index contributed by atoms with van der Waals surface area (Å²) in [6, 6.07) is 53.8. The second-order valence-corrected chi connectivity index (χ2v) is 18.4. The first-order chi connectivity index (χ1) is 26.8. The summed E-state index contributed by atoms with van der Waals surface area (Å²) < 4.78 is 1.29. The molecule has 0 radical (unpaired) electrons. The SMILES string of the molecule is C=C(C([C@@H](C)C(C)C)N(c1ccc(-c2ccccc2)cc1)c1ccc2c(c1)C(C)(C)c1cc(N(c3ccccc3)c3csc4ccccc34)ccc1-2)C(C)(C)C. The fourth-order valence-electron chi connectivity index (χ4n) is 8.58. The highest BCUT2D eigenvalue weighted by atomic mass is 32.1. The number of rotatable bonds is 10. The summed E-state index contributed by atoms with van der Waals surface area (Å²) in [5.41, 5.74) is 14.7. The molecule has 0 spiro atoms. The van der Waals surface area contributed by atoms with Crippen LogP contribution in [0.4, 0.5) is 28.4 Å². The monoisotopic (exact) mass is 750 g/mol. The van der Waals surface area contributed by atoms with E-state index in [1.165, 1.54) is 71.8 Å². The molecule has 3 heteroatoms. The zero-order valence-corrected chi connectivity index (χ0v) is 35.0. The highest BCUT2D eigenvalue weighted by Gasteiger charge is 2.39. The van der Waals surface area contributed by atoms with E-state index in [1.807, 2.05) is 0 Å². The molecule has 2 nitrogen and oxygen atoms in total. The summed E-state index contributed by atoms with van der Waals surface area (Å²) in [6.07, 6.45) is 0. The molecule has 1 aliphatic rings. The molecule has 282 valence electrons. The van der Waals surface area contributed by atoms with Gasteiger partial charge >= 0.3 is 0 Å². The number of hydrogen-bond acceptors (Lipinski definition) is 3. The van der Waals surface area contributed by atoms with Crippen LogP contribution in [0.3, 0.4) is 0 Å². The van der Waals surface area contributed by atoms with Gasteiger partial charge in [-0.2, -0.15) is 0 Å². The van der Waals surface area contributed by atoms with Crippen molar-refractivity contribution < 1.29 is 0 Å². The van der Waals surface area contributed by atoms with Gasteiger partial charge in [-0.3, -0.25) is 0 Å². The standard InChI is InChI=1S/C53H54N2S/c1-35(2)36(3)51(37(4)52(5,6)7)55(41-26-24-39(25-27-41)38-18-12-10-13-19-38)43-29-31-45-44-30-28-42(32-47(44)53(8,9)48(45)33-43)54(40-20-14-11-15-21-40)49-34-56-50-23-17-16-22-46(49)50/h10-36,51H,4H2,1-3,5-9H3/t36-,51?/m0/s1. The summed E-state index contributed by atoms with van der Waals surface area (Å²) in [6.45, 7) is 23.7. The van der Waals surface area contributed by atoms with Gasteiger partial charge in [0.2, 0.25) is 0 Å². The first-order valence-electron chi connectivity index (χ1n) is 20.1. The van der Waals surface area contributed by atoms with Crippen molar-refractivity contribution in [3.63, 3.8) is 0 Å². The maximum absolute atomic E-state index is 4.85. The van der Waals surface area contributed by atoms with Crippen LogP contribution in [0.15, 0.2) is 163 Å². The van der Waals surface area contributed by atoms with Crippen LogP contribution in [-0.2, 0) is 5.41 Å². The van der Waals surface area contributed by atoms with E-state index in [9.17, 15) is 0 Å². The Hall–Kier alpha value is -5.38. The number of fused-ring (bicyclic) bond motifs is 4. The Morgan fingerprint density at radius 3 is 1.77 bits per heavy atom. The summed E-state index contributed by atoms with van der Waals surface area (Å²) >= 11 is 1.81. The number of hydrogen-bond donors (Lipinski definition) is 0. The molecule has 1 aliphatic carbocycles. The Morgan fingerprint density at radius 2 is 1.14 bits per heavy atom. The molecule has 0 fully saturated rings. The van der Waals surface area contributed by atoms with Crippen LogP contribution >= 0.6 is 11.3 Å². The molecule has 0 saturated heterocycles. The van der Waals surface area contributed by atoms with E-state index in [1.54, 1.807) is 11.3 Å². The van der Waals surface area contributed by atoms with Crippen LogP contribution in [0.5, 0.6) is 0 Å². The van der Waals surface area contributed by atoms with Gasteiger partial charge in [-0.25, -0.2) is 0 Å². The summed E-state index contributed by atoms with van der Waals surface area (Å²) in [7, 11) is 0. The third-order valence-electron chi connectivity index (χ3n) is 12.3. The lowest BCUT2D eigenvalue weighted by atomic mass is 9.75. The third kappa shape index (κ3) is 6.66. The molecule has 6 aromatic carbocycles. The van der Waals surface area contributed by atoms with Crippen molar-refractivity contribution in [1.82, 2.24) is 0 Å². The first-order valence-corrected chi connectivity index (χ1v) is 21.0. The molecular weight excluding hydrogens is 697 g/mol. The number of benzene rings is 6. The van der Waals surface area contributed by atoms with Gasteiger partial charge in [0, 0.05) is 43.6 Å². The summed E-state index contributed by atoms with van der Waals surface area (Å²) in [5, 5.41) is 3.57. The molecule has 7 aromatic rings. The first kappa shape index (κ1) is 37.5. The lowest BCUT2D eigenvalue weighted by Gasteiger charge is -2.44. The smallest absolute Gasteiger partial charge is 0.0647 e. The van der Waals surface area contributed by atoms with Gasteiger partial charge in [0.1, 0.15) is 0 Å². The second kappa shape index (κ2) is 14.6. The minimum atomic E-state index is -0.223. The van der Waals surface area contributed by atoms with E-state index in [0.29, 0.717) is 11.8 Å². The molecule has 0 aliphatic heterocycles. The largest absolute Gasteiger partial charge is 0.334 e. The number of thiophene rings is 1. The Kier molecular flexibility index (Phi) is 9.79. The molecule has 0 bridgehead atoms. The molecule has 1 heterocycles. The van der Waals surface area contributed by atoms with Gasteiger partial charge < -0.3 is 9.80 Å². The molecule has 2 atom stereocenters. The minimum absolute atomic E-state index is 0.0723. The van der Waals surface area contributed by atoms with E-state index >= 15 is 0 Å². The Labute approximate surface area is 338 Å². The van der Waals surface area contributed by atoms with Crippen molar-refractivity contribution in [3.05, 3.63) is 174 Å². The average molecular weight is 751 g/mol. The Balaban J connectivity index is 1.25. The van der Waals surface area contributed by atoms with Crippen LogP contribution < -0.4 is 9.80 Å². The van der Waals surface area contributed by atoms with Crippen molar-refractivity contribution in [2.75, 3.05) is 9.80 Å². The molecule has 0 N–H and O–H groups in total. The van der Waals surface area contributed by atoms with E-state index in [-0.39, 0.29) is 16.9 Å². The van der Waals surface area contributed by atoms with Crippen LogP contribution in [0.2, 0.25) is 0 Å². The molecule has 1 aromatic heterocycles. The fraction of sp³-hybridized carbons (Fsp3) is 0.245. The maximum Gasteiger partial charge on any atom is 0.0647 e. The van der Waals surface area contributed by atoms with Gasteiger partial charge in [0.15, 0.2) is 0 Å². The zero-order valence-electron chi connectivity index (χ0n) is 34.2. The molecule has 0 amide bonds. The van der Waals surface area contributed by atoms with Gasteiger partial charge in [-0.05, 0) is 111 Å². The topological polar surface area (TPSA) is 6.48 Å². The molecular formula is C53H54N2S.